The lowest BCUT2D eigenvalue weighted by Crippen LogP contribution is -2.24. The number of hydrazone groups is 1. The third kappa shape index (κ3) is 4.45. The summed E-state index contributed by atoms with van der Waals surface area (Å²) in [5.41, 5.74) is 3.29. The van der Waals surface area contributed by atoms with E-state index in [1.54, 1.807) is 25.1 Å². The first-order valence-corrected chi connectivity index (χ1v) is 8.10. The molecular formula is C17H14ClN3O6. The quantitative estimate of drug-likeness (QED) is 0.460. The summed E-state index contributed by atoms with van der Waals surface area (Å²) >= 11 is 6.10. The van der Waals surface area contributed by atoms with E-state index in [1.807, 2.05) is 0 Å². The number of nitrogens with zero attached hydrogens (tertiary/aromatic N) is 2. The highest BCUT2D eigenvalue weighted by atomic mass is 35.5. The second kappa shape index (κ2) is 7.92. The first-order valence-electron chi connectivity index (χ1n) is 7.73. The molecule has 1 aliphatic rings. The summed E-state index contributed by atoms with van der Waals surface area (Å²) in [5, 5.41) is 15.2. The molecule has 0 aliphatic carbocycles. The molecule has 10 heteroatoms. The standard InChI is InChI=1S/C17H14ClN3O6/c1-10-2-3-14(13(4-10)21(23)24)25-8-17(22)20-19-7-11-5-15-16(6-12(11)18)27-9-26-15/h2-7H,8-9H2,1H3,(H,20,22). The summed E-state index contributed by atoms with van der Waals surface area (Å²) in [5.74, 6) is 0.484. The molecule has 0 aromatic heterocycles. The Balaban J connectivity index is 1.58. The smallest absolute Gasteiger partial charge is 0.311 e. The highest BCUT2D eigenvalue weighted by Gasteiger charge is 2.17. The Bertz CT molecular complexity index is 931. The van der Waals surface area contributed by atoms with Crippen LogP contribution >= 0.6 is 11.6 Å². The van der Waals surface area contributed by atoms with Crippen molar-refractivity contribution in [1.82, 2.24) is 5.43 Å². The molecule has 0 fully saturated rings. The van der Waals surface area contributed by atoms with Gasteiger partial charge in [-0.25, -0.2) is 5.43 Å². The van der Waals surface area contributed by atoms with Gasteiger partial charge < -0.3 is 14.2 Å². The van der Waals surface area contributed by atoms with Gasteiger partial charge >= 0.3 is 5.69 Å². The number of nitro benzene ring substituents is 1. The van der Waals surface area contributed by atoms with E-state index in [4.69, 9.17) is 25.8 Å². The predicted octanol–water partition coefficient (Wildman–Crippen LogP) is 2.81. The van der Waals surface area contributed by atoms with Gasteiger partial charge in [-0.2, -0.15) is 5.10 Å². The van der Waals surface area contributed by atoms with Gasteiger partial charge in [0.05, 0.1) is 16.2 Å². The molecular weight excluding hydrogens is 378 g/mol. The molecule has 3 rings (SSSR count). The molecule has 1 amide bonds. The second-order valence-corrected chi connectivity index (χ2v) is 5.94. The number of fused-ring (bicyclic) bond motifs is 1. The number of ether oxygens (including phenoxy) is 3. The van der Waals surface area contributed by atoms with Gasteiger partial charge in [0, 0.05) is 17.7 Å². The fourth-order valence-corrected chi connectivity index (χ4v) is 2.48. The number of rotatable bonds is 6. The number of nitro groups is 1. The molecule has 1 aliphatic heterocycles. The number of carbonyl (C=O) groups is 1. The van der Waals surface area contributed by atoms with Crippen LogP contribution in [0.2, 0.25) is 5.02 Å². The van der Waals surface area contributed by atoms with Gasteiger partial charge in [0.2, 0.25) is 6.79 Å². The lowest BCUT2D eigenvalue weighted by atomic mass is 10.2. The normalized spacial score (nSPS) is 12.2. The highest BCUT2D eigenvalue weighted by molar-refractivity contribution is 6.33. The number of halogens is 1. The summed E-state index contributed by atoms with van der Waals surface area (Å²) < 4.78 is 15.7. The topological polar surface area (TPSA) is 112 Å². The van der Waals surface area contributed by atoms with E-state index in [1.165, 1.54) is 18.3 Å². The number of carbonyl (C=O) groups excluding carboxylic acids is 1. The van der Waals surface area contributed by atoms with Crippen LogP contribution in [0.25, 0.3) is 0 Å². The summed E-state index contributed by atoms with van der Waals surface area (Å²) in [6.45, 7) is 1.40. The van der Waals surface area contributed by atoms with Crippen molar-refractivity contribution in [2.24, 2.45) is 5.10 Å². The van der Waals surface area contributed by atoms with Crippen molar-refractivity contribution in [3.8, 4) is 17.2 Å². The number of aryl methyl sites for hydroxylation is 1. The Kier molecular flexibility index (Phi) is 5.41. The molecule has 9 nitrogen and oxygen atoms in total. The number of hydrogen-bond donors (Lipinski definition) is 1. The zero-order chi connectivity index (χ0) is 19.4. The third-order valence-corrected chi connectivity index (χ3v) is 3.88. The molecule has 2 aromatic rings. The number of amides is 1. The SMILES string of the molecule is Cc1ccc(OCC(=O)NN=Cc2cc3c(cc2Cl)OCO3)c([N+](=O)[O-])c1. The third-order valence-electron chi connectivity index (χ3n) is 3.55. The number of hydrogen-bond acceptors (Lipinski definition) is 7. The largest absolute Gasteiger partial charge is 0.477 e. The van der Waals surface area contributed by atoms with Crippen LogP contribution in [0.15, 0.2) is 35.4 Å². The molecule has 0 unspecified atom stereocenters. The minimum absolute atomic E-state index is 0.00328. The van der Waals surface area contributed by atoms with Crippen LogP contribution in [-0.2, 0) is 4.79 Å². The molecule has 1 N–H and O–H groups in total. The van der Waals surface area contributed by atoms with Gasteiger partial charge in [0.15, 0.2) is 23.9 Å². The highest BCUT2D eigenvalue weighted by Crippen LogP contribution is 2.36. The van der Waals surface area contributed by atoms with Crippen molar-refractivity contribution >= 4 is 29.4 Å². The molecule has 27 heavy (non-hydrogen) atoms. The van der Waals surface area contributed by atoms with Crippen LogP contribution in [0.5, 0.6) is 17.2 Å². The fraction of sp³-hybridized carbons (Fsp3) is 0.176. The van der Waals surface area contributed by atoms with Crippen LogP contribution < -0.4 is 19.6 Å². The Morgan fingerprint density at radius 3 is 2.85 bits per heavy atom. The maximum absolute atomic E-state index is 11.8. The average molecular weight is 392 g/mol. The minimum atomic E-state index is -0.585. The van der Waals surface area contributed by atoms with Crippen molar-refractivity contribution in [3.05, 3.63) is 56.6 Å². The van der Waals surface area contributed by atoms with Crippen molar-refractivity contribution < 1.29 is 23.9 Å². The molecule has 1 heterocycles. The fourth-order valence-electron chi connectivity index (χ4n) is 2.27. The molecule has 0 saturated carbocycles. The lowest BCUT2D eigenvalue weighted by Gasteiger charge is -2.06. The van der Waals surface area contributed by atoms with Crippen LogP contribution in [0.3, 0.4) is 0 Å². The Hall–Kier alpha value is -3.33. The van der Waals surface area contributed by atoms with Gasteiger partial charge in [-0.1, -0.05) is 17.7 Å². The van der Waals surface area contributed by atoms with Crippen molar-refractivity contribution in [3.63, 3.8) is 0 Å². The molecule has 0 atom stereocenters. The Labute approximate surface area is 158 Å². The molecule has 0 bridgehead atoms. The van der Waals surface area contributed by atoms with E-state index in [9.17, 15) is 14.9 Å². The maximum Gasteiger partial charge on any atom is 0.311 e. The molecule has 0 saturated heterocycles. The summed E-state index contributed by atoms with van der Waals surface area (Å²) in [7, 11) is 0. The molecule has 2 aromatic carbocycles. The monoisotopic (exact) mass is 391 g/mol. The van der Waals surface area contributed by atoms with Crippen LogP contribution in [0.1, 0.15) is 11.1 Å². The van der Waals surface area contributed by atoms with E-state index < -0.39 is 17.4 Å². The van der Waals surface area contributed by atoms with Crippen LogP contribution in [0, 0.1) is 17.0 Å². The van der Waals surface area contributed by atoms with E-state index in [0.29, 0.717) is 27.6 Å². The number of benzene rings is 2. The van der Waals surface area contributed by atoms with Gasteiger partial charge in [-0.15, -0.1) is 0 Å². The van der Waals surface area contributed by atoms with Crippen LogP contribution in [0.4, 0.5) is 5.69 Å². The van der Waals surface area contributed by atoms with Gasteiger partial charge in [-0.3, -0.25) is 14.9 Å². The zero-order valence-electron chi connectivity index (χ0n) is 14.1. The second-order valence-electron chi connectivity index (χ2n) is 5.54. The van der Waals surface area contributed by atoms with Crippen molar-refractivity contribution in [2.45, 2.75) is 6.92 Å². The van der Waals surface area contributed by atoms with Gasteiger partial charge in [0.25, 0.3) is 5.91 Å². The minimum Gasteiger partial charge on any atom is -0.477 e. The zero-order valence-corrected chi connectivity index (χ0v) is 14.9. The van der Waals surface area contributed by atoms with E-state index in [2.05, 4.69) is 10.5 Å². The summed E-state index contributed by atoms with van der Waals surface area (Å²) in [4.78, 5) is 22.3. The first-order chi connectivity index (χ1) is 12.9. The van der Waals surface area contributed by atoms with E-state index in [-0.39, 0.29) is 18.2 Å². The van der Waals surface area contributed by atoms with Gasteiger partial charge in [-0.05, 0) is 24.6 Å². The first kappa shape index (κ1) is 18.5. The summed E-state index contributed by atoms with van der Waals surface area (Å²) in [6.07, 6.45) is 1.34. The molecule has 0 radical (unpaired) electrons. The van der Waals surface area contributed by atoms with Crippen LogP contribution in [-0.4, -0.2) is 30.4 Å². The Morgan fingerprint density at radius 2 is 2.11 bits per heavy atom. The molecule has 140 valence electrons. The van der Waals surface area contributed by atoms with Gasteiger partial charge in [0.1, 0.15) is 0 Å². The van der Waals surface area contributed by atoms with Crippen molar-refractivity contribution in [1.29, 1.82) is 0 Å². The number of nitrogens with one attached hydrogen (secondary N) is 1. The Morgan fingerprint density at radius 1 is 1.37 bits per heavy atom. The lowest BCUT2D eigenvalue weighted by molar-refractivity contribution is -0.385. The maximum atomic E-state index is 11.8. The van der Waals surface area contributed by atoms with Crippen molar-refractivity contribution in [2.75, 3.05) is 13.4 Å². The van der Waals surface area contributed by atoms with E-state index in [0.717, 1.165) is 0 Å². The average Bonchev–Trinajstić information content (AvgIpc) is 3.07. The predicted molar refractivity (Wildman–Crippen MR) is 96.6 cm³/mol. The molecule has 0 spiro atoms. The van der Waals surface area contributed by atoms with E-state index >= 15 is 0 Å². The summed E-state index contributed by atoms with van der Waals surface area (Å²) in [6, 6.07) is 7.68.